The molecular weight excluding hydrogens is 611 g/mol. The summed E-state index contributed by atoms with van der Waals surface area (Å²) in [5, 5.41) is 21.5. The molecule has 1 fully saturated rings. The molecule has 2 aromatic carbocycles. The van der Waals surface area contributed by atoms with Crippen LogP contribution in [0.5, 0.6) is 0 Å². The highest BCUT2D eigenvalue weighted by Gasteiger charge is 2.35. The largest absolute Gasteiger partial charge is 0.349 e. The summed E-state index contributed by atoms with van der Waals surface area (Å²) in [6.45, 7) is 1.55. The van der Waals surface area contributed by atoms with Gasteiger partial charge in [0, 0.05) is 23.6 Å². The van der Waals surface area contributed by atoms with Gasteiger partial charge in [-0.15, -0.1) is 5.10 Å². The Bertz CT molecular complexity index is 1490. The maximum Gasteiger partial charge on any atom is 0.293 e. The van der Waals surface area contributed by atoms with Gasteiger partial charge in [0.15, 0.2) is 5.69 Å². The smallest absolute Gasteiger partial charge is 0.293 e. The lowest BCUT2D eigenvalue weighted by Crippen LogP contribution is -2.37. The second-order valence-electron chi connectivity index (χ2n) is 7.59. The van der Waals surface area contributed by atoms with Crippen molar-refractivity contribution >= 4 is 79.7 Å². The molecule has 190 valence electrons. The first kappa shape index (κ1) is 26.8. The third kappa shape index (κ3) is 5.69. The van der Waals surface area contributed by atoms with Crippen LogP contribution in [0.4, 0.5) is 10.5 Å². The van der Waals surface area contributed by atoms with Gasteiger partial charge in [-0.3, -0.25) is 29.4 Å². The first-order valence-electron chi connectivity index (χ1n) is 10.4. The van der Waals surface area contributed by atoms with Gasteiger partial charge in [-0.2, -0.15) is 0 Å². The van der Waals surface area contributed by atoms with Crippen LogP contribution in [0.15, 0.2) is 45.8 Å². The number of amides is 3. The number of thioether (sulfide) groups is 1. The highest BCUT2D eigenvalue weighted by Crippen LogP contribution is 2.33. The minimum absolute atomic E-state index is 0.0259. The van der Waals surface area contributed by atoms with Crippen LogP contribution < -0.4 is 5.32 Å². The molecule has 1 aromatic heterocycles. The Balaban J connectivity index is 1.40. The molecule has 0 spiro atoms. The van der Waals surface area contributed by atoms with E-state index < -0.39 is 22.0 Å². The van der Waals surface area contributed by atoms with Crippen molar-refractivity contribution in [2.24, 2.45) is 0 Å². The van der Waals surface area contributed by atoms with E-state index in [2.05, 4.69) is 31.6 Å². The average Bonchev–Trinajstić information content (AvgIpc) is 3.34. The van der Waals surface area contributed by atoms with E-state index in [1.807, 2.05) is 0 Å². The van der Waals surface area contributed by atoms with E-state index in [0.29, 0.717) is 33.7 Å². The number of halogens is 3. The molecule has 0 radical (unpaired) electrons. The van der Waals surface area contributed by atoms with Crippen LogP contribution in [0, 0.1) is 17.0 Å². The predicted molar refractivity (Wildman–Crippen MR) is 142 cm³/mol. The third-order valence-corrected chi connectivity index (χ3v) is 7.23. The number of carbonyl (C=O) groups is 3. The number of carbonyl (C=O) groups excluding carboxylic acids is 3. The number of nitro benzene ring substituents is 1. The molecule has 37 heavy (non-hydrogen) atoms. The fourth-order valence-electron chi connectivity index (χ4n) is 3.39. The van der Waals surface area contributed by atoms with Crippen LogP contribution in [0.3, 0.4) is 0 Å². The molecule has 1 N–H and O–H groups in total. The average molecular weight is 626 g/mol. The van der Waals surface area contributed by atoms with Crippen LogP contribution in [-0.2, 0) is 4.79 Å². The fourth-order valence-corrected chi connectivity index (χ4v) is 5.19. The van der Waals surface area contributed by atoms with Gasteiger partial charge < -0.3 is 5.32 Å². The van der Waals surface area contributed by atoms with Crippen molar-refractivity contribution in [3.05, 3.63) is 82.9 Å². The van der Waals surface area contributed by atoms with Crippen molar-refractivity contribution in [1.82, 2.24) is 25.2 Å². The van der Waals surface area contributed by atoms with Crippen molar-refractivity contribution < 1.29 is 19.3 Å². The number of nitro groups is 1. The summed E-state index contributed by atoms with van der Waals surface area (Å²) in [4.78, 5) is 49.3. The molecule has 0 aliphatic carbocycles. The molecule has 1 aliphatic rings. The Hall–Kier alpha value is -3.26. The number of nitrogens with one attached hydrogen (secondary N) is 1. The topological polar surface area (TPSA) is 140 Å². The summed E-state index contributed by atoms with van der Waals surface area (Å²) in [6, 6.07) is 9.26. The molecule has 2 heterocycles. The van der Waals surface area contributed by atoms with Gasteiger partial charge in [-0.25, -0.2) is 4.68 Å². The molecule has 0 bridgehead atoms. The minimum Gasteiger partial charge on any atom is -0.349 e. The van der Waals surface area contributed by atoms with Crippen molar-refractivity contribution in [3.63, 3.8) is 0 Å². The maximum absolute atomic E-state index is 12.7. The van der Waals surface area contributed by atoms with Crippen molar-refractivity contribution in [1.29, 1.82) is 0 Å². The number of benzene rings is 2. The Kier molecular flexibility index (Phi) is 7.97. The number of rotatable bonds is 7. The number of hydrogen-bond acceptors (Lipinski definition) is 8. The van der Waals surface area contributed by atoms with Crippen LogP contribution in [-0.4, -0.2) is 55.0 Å². The summed E-state index contributed by atoms with van der Waals surface area (Å²) in [5.74, 6) is -1.11. The highest BCUT2D eigenvalue weighted by molar-refractivity contribution is 9.10. The molecule has 1 aliphatic heterocycles. The zero-order chi connectivity index (χ0) is 26.9. The lowest BCUT2D eigenvalue weighted by Gasteiger charge is -2.12. The lowest BCUT2D eigenvalue weighted by atomic mass is 10.2. The van der Waals surface area contributed by atoms with E-state index in [0.717, 1.165) is 9.37 Å². The van der Waals surface area contributed by atoms with Crippen LogP contribution in [0.2, 0.25) is 10.0 Å². The first-order chi connectivity index (χ1) is 17.6. The third-order valence-electron chi connectivity index (χ3n) is 5.21. The molecule has 0 unspecified atom stereocenters. The maximum atomic E-state index is 12.7. The number of hydrogen-bond donors (Lipinski definition) is 1. The van der Waals surface area contributed by atoms with Gasteiger partial charge in [0.05, 0.1) is 26.2 Å². The van der Waals surface area contributed by atoms with E-state index >= 15 is 0 Å². The van der Waals surface area contributed by atoms with Gasteiger partial charge in [-0.05, 0) is 54.6 Å². The molecule has 3 amide bonds. The van der Waals surface area contributed by atoms with Gasteiger partial charge in [0.1, 0.15) is 5.02 Å². The molecule has 11 nitrogen and oxygen atoms in total. The second-order valence-corrected chi connectivity index (χ2v) is 10.3. The van der Waals surface area contributed by atoms with Crippen LogP contribution in [0.1, 0.15) is 21.7 Å². The van der Waals surface area contributed by atoms with Crippen molar-refractivity contribution in [2.45, 2.75) is 6.92 Å². The zero-order valence-corrected chi connectivity index (χ0v) is 22.7. The van der Waals surface area contributed by atoms with E-state index in [4.69, 9.17) is 23.2 Å². The van der Waals surface area contributed by atoms with Gasteiger partial charge in [0.25, 0.3) is 22.7 Å². The van der Waals surface area contributed by atoms with Crippen LogP contribution in [0.25, 0.3) is 11.8 Å². The second kappa shape index (κ2) is 11.0. The first-order valence-corrected chi connectivity index (χ1v) is 12.8. The quantitative estimate of drug-likeness (QED) is 0.219. The molecule has 3 aromatic rings. The van der Waals surface area contributed by atoms with Crippen molar-refractivity contribution in [2.75, 3.05) is 13.1 Å². The Morgan fingerprint density at radius 1 is 1.22 bits per heavy atom. The lowest BCUT2D eigenvalue weighted by molar-refractivity contribution is -0.384. The summed E-state index contributed by atoms with van der Waals surface area (Å²) >= 11 is 16.1. The molecule has 0 atom stereocenters. The Morgan fingerprint density at radius 2 is 1.97 bits per heavy atom. The normalized spacial score (nSPS) is 14.5. The highest BCUT2D eigenvalue weighted by atomic mass is 79.9. The summed E-state index contributed by atoms with van der Waals surface area (Å²) in [6.07, 6.45) is 1.38. The van der Waals surface area contributed by atoms with Crippen molar-refractivity contribution in [3.8, 4) is 5.69 Å². The van der Waals surface area contributed by atoms with E-state index in [1.165, 1.54) is 29.0 Å². The Morgan fingerprint density at radius 3 is 2.68 bits per heavy atom. The van der Waals surface area contributed by atoms with E-state index in [9.17, 15) is 24.5 Å². The monoisotopic (exact) mass is 624 g/mol. The zero-order valence-electron chi connectivity index (χ0n) is 18.8. The minimum atomic E-state index is -0.637. The number of nitrogens with zero attached hydrogens (tertiary/aromatic N) is 5. The SMILES string of the molecule is Cc1c(C(=O)NCCN2C(=O)S/C(=C/c3ccc(Cl)c([N+](=O)[O-])c3)C2=O)nnn1-c1ccc(Br)cc1Cl. The molecule has 0 saturated carbocycles. The predicted octanol–water partition coefficient (Wildman–Crippen LogP) is 5.02. The summed E-state index contributed by atoms with van der Waals surface area (Å²) in [5.41, 5.74) is 1.10. The standard InChI is InChI=1S/C22H15BrCl2N6O5S/c1-11-19(27-28-30(11)16-5-3-13(23)10-15(16)25)20(32)26-6-7-29-21(33)18(37-22(29)34)9-12-2-4-14(24)17(8-12)31(35)36/h2-5,8-10H,6-7H2,1H3,(H,26,32)/b18-9+. The molecule has 15 heteroatoms. The molecular formula is C22H15BrCl2N6O5S. The fraction of sp³-hybridized carbons (Fsp3) is 0.136. The number of imide groups is 1. The molecule has 1 saturated heterocycles. The molecule has 4 rings (SSSR count). The van der Waals surface area contributed by atoms with E-state index in [1.54, 1.807) is 25.1 Å². The number of aromatic nitrogens is 3. The summed E-state index contributed by atoms with van der Waals surface area (Å²) in [7, 11) is 0. The van der Waals surface area contributed by atoms with Gasteiger partial charge in [0.2, 0.25) is 0 Å². The van der Waals surface area contributed by atoms with Gasteiger partial charge in [-0.1, -0.05) is 50.4 Å². The summed E-state index contributed by atoms with van der Waals surface area (Å²) < 4.78 is 2.22. The van der Waals surface area contributed by atoms with E-state index in [-0.39, 0.29) is 34.4 Å². The Labute approximate surface area is 232 Å². The van der Waals surface area contributed by atoms with Gasteiger partial charge >= 0.3 is 0 Å². The van der Waals surface area contributed by atoms with Crippen LogP contribution >= 0.6 is 50.9 Å².